The third-order valence-electron chi connectivity index (χ3n) is 14.8. The van der Waals surface area contributed by atoms with Gasteiger partial charge in [0, 0.05) is 55.1 Å². The van der Waals surface area contributed by atoms with Crippen LogP contribution in [0.15, 0.2) is 273 Å². The van der Waals surface area contributed by atoms with Gasteiger partial charge in [0.15, 0.2) is 8.07 Å². The highest BCUT2D eigenvalue weighted by Crippen LogP contribution is 2.44. The summed E-state index contributed by atoms with van der Waals surface area (Å²) < 4.78 is 4.87. The molecule has 0 bridgehead atoms. The summed E-state index contributed by atoms with van der Waals surface area (Å²) >= 11 is 0. The van der Waals surface area contributed by atoms with Crippen molar-refractivity contribution < 1.29 is 0 Å². The van der Waals surface area contributed by atoms with E-state index in [1.807, 2.05) is 0 Å². The molecule has 3 aromatic heterocycles. The quantitative estimate of drug-likeness (QED) is 0.104. The Labute approximate surface area is 407 Å². The van der Waals surface area contributed by atoms with Gasteiger partial charge in [0.25, 0.3) is 0 Å². The zero-order chi connectivity index (χ0) is 46.2. The van der Waals surface area contributed by atoms with Gasteiger partial charge in [-0.2, -0.15) is 0 Å². The van der Waals surface area contributed by atoms with Crippen molar-refractivity contribution in [3.63, 3.8) is 0 Å². The summed E-state index contributed by atoms with van der Waals surface area (Å²) in [4.78, 5) is 2.44. The molecule has 0 aliphatic carbocycles. The largest absolute Gasteiger partial charge is 0.310 e. The monoisotopic (exact) mass is 907 g/mol. The van der Waals surface area contributed by atoms with E-state index in [0.29, 0.717) is 0 Å². The van der Waals surface area contributed by atoms with Crippen LogP contribution in [0.2, 0.25) is 0 Å². The SMILES string of the molecule is c1ccc(-n2c3ccccc3c3cc(N(c4ccc(-c5ccc([Si](c6ccccc6)(c6ccccc6)c6ccccc6)cc5)cc4)c4ccc5c6cccc7c8ccccc8n(c5c4)c76)ccc32)cc1. The van der Waals surface area contributed by atoms with Gasteiger partial charge in [0.1, 0.15) is 0 Å². The Bertz CT molecular complexity index is 4100. The molecule has 0 saturated heterocycles. The molecule has 11 aromatic carbocycles. The van der Waals surface area contributed by atoms with Crippen LogP contribution in [-0.4, -0.2) is 17.0 Å². The van der Waals surface area contributed by atoms with Crippen LogP contribution >= 0.6 is 0 Å². The van der Waals surface area contributed by atoms with Gasteiger partial charge in [-0.25, -0.2) is 0 Å². The first-order valence-electron chi connectivity index (χ1n) is 24.2. The number of anilines is 3. The topological polar surface area (TPSA) is 12.6 Å². The molecule has 0 atom stereocenters. The van der Waals surface area contributed by atoms with Crippen LogP contribution in [0.25, 0.3) is 76.7 Å². The fourth-order valence-electron chi connectivity index (χ4n) is 11.7. The molecule has 0 radical (unpaired) electrons. The summed E-state index contributed by atoms with van der Waals surface area (Å²) in [6, 6.07) is 101. The summed E-state index contributed by atoms with van der Waals surface area (Å²) in [6.07, 6.45) is 0. The average Bonchev–Trinajstić information content (AvgIpc) is 4.08. The Morgan fingerprint density at radius 2 is 0.700 bits per heavy atom. The minimum atomic E-state index is -2.64. The Kier molecular flexibility index (Phi) is 9.23. The van der Waals surface area contributed by atoms with E-state index in [-0.39, 0.29) is 0 Å². The molecule has 14 rings (SSSR count). The van der Waals surface area contributed by atoms with E-state index >= 15 is 0 Å². The van der Waals surface area contributed by atoms with E-state index in [1.54, 1.807) is 0 Å². The van der Waals surface area contributed by atoms with Gasteiger partial charge in [0.05, 0.1) is 27.6 Å². The molecule has 14 aromatic rings. The van der Waals surface area contributed by atoms with Crippen molar-refractivity contribution in [1.82, 2.24) is 8.97 Å². The van der Waals surface area contributed by atoms with Crippen LogP contribution in [0.4, 0.5) is 17.1 Å². The molecule has 0 unspecified atom stereocenters. The number of rotatable bonds is 9. The van der Waals surface area contributed by atoms with Crippen molar-refractivity contribution in [1.29, 1.82) is 0 Å². The van der Waals surface area contributed by atoms with E-state index in [4.69, 9.17) is 0 Å². The Hall–Kier alpha value is -8.96. The van der Waals surface area contributed by atoms with E-state index in [0.717, 1.165) is 22.7 Å². The second kappa shape index (κ2) is 16.1. The van der Waals surface area contributed by atoms with Crippen molar-refractivity contribution in [3.05, 3.63) is 273 Å². The minimum Gasteiger partial charge on any atom is -0.310 e. The third kappa shape index (κ3) is 6.07. The summed E-state index contributed by atoms with van der Waals surface area (Å²) in [6.45, 7) is 0. The van der Waals surface area contributed by atoms with Crippen molar-refractivity contribution in [2.45, 2.75) is 0 Å². The van der Waals surface area contributed by atoms with Crippen molar-refractivity contribution in [2.24, 2.45) is 0 Å². The van der Waals surface area contributed by atoms with Gasteiger partial charge >= 0.3 is 0 Å². The number of fused-ring (bicyclic) bond motifs is 9. The molecule has 0 amide bonds. The first kappa shape index (κ1) is 40.1. The Morgan fingerprint density at radius 1 is 0.271 bits per heavy atom. The third-order valence-corrected chi connectivity index (χ3v) is 19.6. The van der Waals surface area contributed by atoms with Crippen LogP contribution < -0.4 is 25.6 Å². The summed E-state index contributed by atoms with van der Waals surface area (Å²) in [5, 5.41) is 13.0. The smallest absolute Gasteiger partial charge is 0.179 e. The fourth-order valence-corrected chi connectivity index (χ4v) is 16.5. The number of hydrogen-bond acceptors (Lipinski definition) is 1. The van der Waals surface area contributed by atoms with E-state index in [2.05, 4.69) is 287 Å². The summed E-state index contributed by atoms with van der Waals surface area (Å²) in [5.41, 5.74) is 12.9. The van der Waals surface area contributed by atoms with Gasteiger partial charge in [-0.3, -0.25) is 0 Å². The number of hydrogen-bond donors (Lipinski definition) is 0. The zero-order valence-electron chi connectivity index (χ0n) is 38.3. The van der Waals surface area contributed by atoms with Gasteiger partial charge < -0.3 is 13.9 Å². The number of para-hydroxylation sites is 4. The number of nitrogens with zero attached hydrogens (tertiary/aromatic N) is 3. The van der Waals surface area contributed by atoms with Crippen LogP contribution in [0.3, 0.4) is 0 Å². The second-order valence-corrected chi connectivity index (χ2v) is 22.3. The standard InChI is InChI=1S/C66H45N3Si/c1-5-18-48(19-6-1)68-62-30-15-14-27-57(62)61-44-50(39-43-64(61)68)67(51-38-42-58-60-29-17-28-59-56-26-13-16-31-63(56)69(66(59)60)65(58)45-51)49-36-32-46(33-37-49)47-34-40-55(41-35-47)70(52-20-7-2-8-21-52,53-22-9-3-10-23-53)54-24-11-4-12-25-54/h1-45H. The number of aromatic nitrogens is 2. The highest BCUT2D eigenvalue weighted by atomic mass is 28.3. The molecule has 328 valence electrons. The minimum absolute atomic E-state index is 1.09. The van der Waals surface area contributed by atoms with Crippen LogP contribution in [0, 0.1) is 0 Å². The maximum Gasteiger partial charge on any atom is 0.179 e. The Balaban J connectivity index is 0.924. The molecule has 0 saturated carbocycles. The first-order chi connectivity index (χ1) is 34.7. The molecule has 3 heterocycles. The normalized spacial score (nSPS) is 12.0. The van der Waals surface area contributed by atoms with Gasteiger partial charge in [0.2, 0.25) is 0 Å². The van der Waals surface area contributed by atoms with E-state index in [1.165, 1.54) is 91.8 Å². The lowest BCUT2D eigenvalue weighted by molar-refractivity contribution is 1.18. The number of benzene rings is 11. The highest BCUT2D eigenvalue weighted by molar-refractivity contribution is 7.19. The molecule has 0 fully saturated rings. The first-order valence-corrected chi connectivity index (χ1v) is 26.2. The molecule has 0 aliphatic rings. The van der Waals surface area contributed by atoms with Crippen molar-refractivity contribution >= 4 is 106 Å². The second-order valence-electron chi connectivity index (χ2n) is 18.5. The molecular weight excluding hydrogens is 863 g/mol. The molecular formula is C66H45N3Si. The zero-order valence-corrected chi connectivity index (χ0v) is 39.3. The molecule has 0 aliphatic heterocycles. The van der Waals surface area contributed by atoms with Crippen LogP contribution in [0.1, 0.15) is 0 Å². The van der Waals surface area contributed by atoms with Crippen molar-refractivity contribution in [3.8, 4) is 16.8 Å². The average molecular weight is 908 g/mol. The van der Waals surface area contributed by atoms with Crippen molar-refractivity contribution in [2.75, 3.05) is 4.90 Å². The molecule has 0 spiro atoms. The summed E-state index contributed by atoms with van der Waals surface area (Å²) in [7, 11) is -2.64. The predicted octanol–water partition coefficient (Wildman–Crippen LogP) is 14.4. The Morgan fingerprint density at radius 3 is 1.31 bits per heavy atom. The van der Waals surface area contributed by atoms with Gasteiger partial charge in [-0.05, 0) is 98.6 Å². The molecule has 70 heavy (non-hydrogen) atoms. The lowest BCUT2D eigenvalue weighted by Crippen LogP contribution is -2.74. The van der Waals surface area contributed by atoms with Crippen LogP contribution in [-0.2, 0) is 0 Å². The van der Waals surface area contributed by atoms with Crippen LogP contribution in [0.5, 0.6) is 0 Å². The predicted molar refractivity (Wildman–Crippen MR) is 299 cm³/mol. The molecule has 0 N–H and O–H groups in total. The van der Waals surface area contributed by atoms with Gasteiger partial charge in [-0.15, -0.1) is 0 Å². The molecule has 3 nitrogen and oxygen atoms in total. The van der Waals surface area contributed by atoms with E-state index in [9.17, 15) is 0 Å². The highest BCUT2D eigenvalue weighted by Gasteiger charge is 2.41. The summed E-state index contributed by atoms with van der Waals surface area (Å²) in [5.74, 6) is 0. The molecule has 4 heteroatoms. The fraction of sp³-hybridized carbons (Fsp3) is 0. The maximum atomic E-state index is 2.48. The maximum absolute atomic E-state index is 2.64. The van der Waals surface area contributed by atoms with Gasteiger partial charge in [-0.1, -0.05) is 206 Å². The lowest BCUT2D eigenvalue weighted by Gasteiger charge is -2.34. The lowest BCUT2D eigenvalue weighted by atomic mass is 10.0. The van der Waals surface area contributed by atoms with E-state index < -0.39 is 8.07 Å².